The van der Waals surface area contributed by atoms with Crippen molar-refractivity contribution in [3.63, 3.8) is 0 Å². The highest BCUT2D eigenvalue weighted by molar-refractivity contribution is 5.82. The maximum atomic E-state index is 12.1. The van der Waals surface area contributed by atoms with Crippen LogP contribution in [0.1, 0.15) is 33.6 Å². The summed E-state index contributed by atoms with van der Waals surface area (Å²) in [6, 6.07) is -1.08. The monoisotopic (exact) mass is 273 g/mol. The number of likely N-dealkylation sites (N-methyl/N-ethyl adjacent to an activating group) is 2. The third kappa shape index (κ3) is 6.42. The zero-order chi connectivity index (χ0) is 15.0. The van der Waals surface area contributed by atoms with Crippen LogP contribution in [-0.4, -0.2) is 66.2 Å². The van der Waals surface area contributed by atoms with Crippen LogP contribution in [0.2, 0.25) is 0 Å². The summed E-state index contributed by atoms with van der Waals surface area (Å²) >= 11 is 0. The third-order valence-corrected chi connectivity index (χ3v) is 2.94. The van der Waals surface area contributed by atoms with Gasteiger partial charge in [-0.05, 0) is 34.4 Å². The standard InChI is InChI=1S/C13H27N3O3/c1-6-8-11(12(17)18)14-13(19)16(7-2)10(3)9-15(4)5/h10-11H,6-9H2,1-5H3,(H,14,19)(H,17,18). The highest BCUT2D eigenvalue weighted by Gasteiger charge is 2.24. The van der Waals surface area contributed by atoms with Crippen molar-refractivity contribution in [2.24, 2.45) is 0 Å². The Morgan fingerprint density at radius 2 is 1.84 bits per heavy atom. The summed E-state index contributed by atoms with van der Waals surface area (Å²) in [5, 5.41) is 11.6. The smallest absolute Gasteiger partial charge is 0.326 e. The van der Waals surface area contributed by atoms with Crippen LogP contribution in [0, 0.1) is 0 Å². The average Bonchev–Trinajstić information content (AvgIpc) is 2.28. The molecule has 2 N–H and O–H groups in total. The minimum absolute atomic E-state index is 0.0380. The van der Waals surface area contributed by atoms with Gasteiger partial charge in [0, 0.05) is 19.1 Å². The summed E-state index contributed by atoms with van der Waals surface area (Å²) < 4.78 is 0. The molecule has 0 radical (unpaired) electrons. The van der Waals surface area contributed by atoms with E-state index in [-0.39, 0.29) is 12.1 Å². The fourth-order valence-corrected chi connectivity index (χ4v) is 2.06. The first-order valence-corrected chi connectivity index (χ1v) is 6.78. The van der Waals surface area contributed by atoms with E-state index in [1.807, 2.05) is 39.8 Å². The molecule has 6 nitrogen and oxygen atoms in total. The quantitative estimate of drug-likeness (QED) is 0.697. The van der Waals surface area contributed by atoms with Crippen LogP contribution in [0.15, 0.2) is 0 Å². The van der Waals surface area contributed by atoms with Crippen molar-refractivity contribution in [2.45, 2.75) is 45.7 Å². The first-order valence-electron chi connectivity index (χ1n) is 6.78. The second kappa shape index (κ2) is 8.74. The molecule has 0 aromatic carbocycles. The molecule has 0 heterocycles. The Morgan fingerprint density at radius 3 is 2.21 bits per heavy atom. The lowest BCUT2D eigenvalue weighted by atomic mass is 10.2. The van der Waals surface area contributed by atoms with Crippen molar-refractivity contribution >= 4 is 12.0 Å². The van der Waals surface area contributed by atoms with E-state index in [0.717, 1.165) is 13.0 Å². The van der Waals surface area contributed by atoms with Gasteiger partial charge < -0.3 is 20.2 Å². The SMILES string of the molecule is CCCC(NC(=O)N(CC)C(C)CN(C)C)C(=O)O. The van der Waals surface area contributed by atoms with Crippen molar-refractivity contribution in [3.8, 4) is 0 Å². The summed E-state index contributed by atoms with van der Waals surface area (Å²) in [5.41, 5.74) is 0. The summed E-state index contributed by atoms with van der Waals surface area (Å²) in [7, 11) is 3.89. The van der Waals surface area contributed by atoms with Gasteiger partial charge in [0.1, 0.15) is 6.04 Å². The van der Waals surface area contributed by atoms with E-state index < -0.39 is 12.0 Å². The summed E-state index contributed by atoms with van der Waals surface area (Å²) in [6.45, 7) is 7.04. The van der Waals surface area contributed by atoms with Crippen LogP contribution in [0.5, 0.6) is 0 Å². The molecule has 0 aromatic rings. The molecule has 19 heavy (non-hydrogen) atoms. The first-order chi connectivity index (χ1) is 8.83. The van der Waals surface area contributed by atoms with E-state index >= 15 is 0 Å². The van der Waals surface area contributed by atoms with Gasteiger partial charge in [0.05, 0.1) is 0 Å². The molecular weight excluding hydrogens is 246 g/mol. The molecule has 0 fully saturated rings. The van der Waals surface area contributed by atoms with Gasteiger partial charge in [0.15, 0.2) is 0 Å². The highest BCUT2D eigenvalue weighted by atomic mass is 16.4. The van der Waals surface area contributed by atoms with Gasteiger partial charge in [-0.25, -0.2) is 9.59 Å². The number of hydrogen-bond acceptors (Lipinski definition) is 3. The predicted octanol–water partition coefficient (Wildman–Crippen LogP) is 1.22. The van der Waals surface area contributed by atoms with Crippen LogP contribution in [0.25, 0.3) is 0 Å². The molecule has 2 atom stereocenters. The number of rotatable bonds is 8. The van der Waals surface area contributed by atoms with Crippen molar-refractivity contribution in [1.29, 1.82) is 0 Å². The molecule has 0 saturated carbocycles. The number of carboxylic acid groups (broad SMARTS) is 1. The number of hydrogen-bond donors (Lipinski definition) is 2. The predicted molar refractivity (Wildman–Crippen MR) is 75.3 cm³/mol. The topological polar surface area (TPSA) is 72.9 Å². The van der Waals surface area contributed by atoms with Crippen LogP contribution in [-0.2, 0) is 4.79 Å². The second-order valence-electron chi connectivity index (χ2n) is 5.03. The van der Waals surface area contributed by atoms with E-state index in [0.29, 0.717) is 13.0 Å². The van der Waals surface area contributed by atoms with Crippen molar-refractivity contribution < 1.29 is 14.7 Å². The Hall–Kier alpha value is -1.30. The molecule has 0 aliphatic carbocycles. The molecular formula is C13H27N3O3. The largest absolute Gasteiger partial charge is 0.480 e. The van der Waals surface area contributed by atoms with Gasteiger partial charge in [-0.2, -0.15) is 0 Å². The molecule has 2 amide bonds. The molecule has 0 aliphatic rings. The number of nitrogens with zero attached hydrogens (tertiary/aromatic N) is 2. The van der Waals surface area contributed by atoms with Gasteiger partial charge in [0.25, 0.3) is 0 Å². The van der Waals surface area contributed by atoms with E-state index in [4.69, 9.17) is 5.11 Å². The summed E-state index contributed by atoms with van der Waals surface area (Å²) in [6.07, 6.45) is 1.16. The van der Waals surface area contributed by atoms with Crippen molar-refractivity contribution in [3.05, 3.63) is 0 Å². The number of urea groups is 1. The Morgan fingerprint density at radius 1 is 1.26 bits per heavy atom. The Labute approximate surface area is 115 Å². The van der Waals surface area contributed by atoms with Gasteiger partial charge in [-0.3, -0.25) is 0 Å². The van der Waals surface area contributed by atoms with E-state index in [1.165, 1.54) is 0 Å². The number of carboxylic acids is 1. The number of nitrogens with one attached hydrogen (secondary N) is 1. The Balaban J connectivity index is 4.61. The fourth-order valence-electron chi connectivity index (χ4n) is 2.06. The second-order valence-corrected chi connectivity index (χ2v) is 5.03. The maximum Gasteiger partial charge on any atom is 0.326 e. The average molecular weight is 273 g/mol. The lowest BCUT2D eigenvalue weighted by Gasteiger charge is -2.31. The molecule has 0 bridgehead atoms. The molecule has 0 aliphatic heterocycles. The zero-order valence-corrected chi connectivity index (χ0v) is 12.6. The zero-order valence-electron chi connectivity index (χ0n) is 12.6. The molecule has 6 heteroatoms. The number of aliphatic carboxylic acids is 1. The Bertz CT molecular complexity index is 295. The van der Waals surface area contributed by atoms with Gasteiger partial charge in [0.2, 0.25) is 0 Å². The normalized spacial score (nSPS) is 14.0. The van der Waals surface area contributed by atoms with Gasteiger partial charge >= 0.3 is 12.0 Å². The molecule has 2 unspecified atom stereocenters. The summed E-state index contributed by atoms with van der Waals surface area (Å²) in [4.78, 5) is 26.8. The molecule has 0 aromatic heterocycles. The van der Waals surface area contributed by atoms with Crippen LogP contribution in [0.3, 0.4) is 0 Å². The number of amides is 2. The van der Waals surface area contributed by atoms with E-state index in [1.54, 1.807) is 4.90 Å². The first kappa shape index (κ1) is 17.7. The van der Waals surface area contributed by atoms with Crippen molar-refractivity contribution in [2.75, 3.05) is 27.2 Å². The highest BCUT2D eigenvalue weighted by Crippen LogP contribution is 2.04. The van der Waals surface area contributed by atoms with Crippen molar-refractivity contribution in [1.82, 2.24) is 15.1 Å². The lowest BCUT2D eigenvalue weighted by molar-refractivity contribution is -0.139. The maximum absolute atomic E-state index is 12.1. The van der Waals surface area contributed by atoms with Crippen LogP contribution in [0.4, 0.5) is 4.79 Å². The van der Waals surface area contributed by atoms with Gasteiger partial charge in [-0.1, -0.05) is 13.3 Å². The van der Waals surface area contributed by atoms with Gasteiger partial charge in [-0.15, -0.1) is 0 Å². The summed E-state index contributed by atoms with van der Waals surface area (Å²) in [5.74, 6) is -0.980. The Kier molecular flexibility index (Phi) is 8.14. The molecule has 0 saturated heterocycles. The van der Waals surface area contributed by atoms with E-state index in [2.05, 4.69) is 5.32 Å². The minimum Gasteiger partial charge on any atom is -0.480 e. The lowest BCUT2D eigenvalue weighted by Crippen LogP contribution is -2.52. The van der Waals surface area contributed by atoms with Crippen LogP contribution >= 0.6 is 0 Å². The number of carbonyl (C=O) groups excluding carboxylic acids is 1. The fraction of sp³-hybridized carbons (Fsp3) is 0.846. The molecule has 0 rings (SSSR count). The van der Waals surface area contributed by atoms with Crippen LogP contribution < -0.4 is 5.32 Å². The third-order valence-electron chi connectivity index (χ3n) is 2.94. The molecule has 0 spiro atoms. The van der Waals surface area contributed by atoms with E-state index in [9.17, 15) is 9.59 Å². The minimum atomic E-state index is -0.980. The number of carbonyl (C=O) groups is 2. The molecule has 112 valence electrons.